The summed E-state index contributed by atoms with van der Waals surface area (Å²) >= 11 is 0. The Morgan fingerprint density at radius 1 is 1.28 bits per heavy atom. The average Bonchev–Trinajstić information content (AvgIpc) is 3.42. The molecule has 4 rings (SSSR count). The van der Waals surface area contributed by atoms with Crippen molar-refractivity contribution >= 4 is 11.7 Å². The van der Waals surface area contributed by atoms with Crippen molar-refractivity contribution in [2.75, 3.05) is 18.0 Å². The maximum absolute atomic E-state index is 13.2. The summed E-state index contributed by atoms with van der Waals surface area (Å²) in [5, 5.41) is 0. The minimum absolute atomic E-state index is 0.0485. The fourth-order valence-corrected chi connectivity index (χ4v) is 3.67. The molecule has 2 aliphatic rings. The maximum atomic E-state index is 13.2. The Labute approximate surface area is 148 Å². The van der Waals surface area contributed by atoms with Crippen LogP contribution in [0.5, 0.6) is 0 Å². The van der Waals surface area contributed by atoms with Crippen LogP contribution in [-0.4, -0.2) is 34.9 Å². The Hall–Kier alpha value is -2.30. The van der Waals surface area contributed by atoms with Crippen molar-refractivity contribution in [3.05, 3.63) is 48.0 Å². The van der Waals surface area contributed by atoms with Crippen molar-refractivity contribution in [1.29, 1.82) is 0 Å². The van der Waals surface area contributed by atoms with Gasteiger partial charge in [0.1, 0.15) is 17.3 Å². The van der Waals surface area contributed by atoms with E-state index in [2.05, 4.69) is 9.88 Å². The van der Waals surface area contributed by atoms with Gasteiger partial charge in [-0.3, -0.25) is 4.79 Å². The minimum Gasteiger partial charge on any atom is -0.464 e. The van der Waals surface area contributed by atoms with E-state index in [1.807, 2.05) is 48.4 Å². The number of anilines is 1. The molecule has 0 unspecified atom stereocenters. The summed E-state index contributed by atoms with van der Waals surface area (Å²) in [5.74, 6) is 3.08. The standard InChI is InChI=1S/C20H25N3O2/c1-15-7-10-18(25-15)14-23(17-8-9-17)20(24)16-5-4-12-22(13-16)19-6-2-3-11-21-19/h2-3,6-7,10-11,16-17H,4-5,8-9,12-14H2,1H3/t16-/m0/s1. The van der Waals surface area contributed by atoms with E-state index in [4.69, 9.17) is 4.42 Å². The van der Waals surface area contributed by atoms with Crippen molar-refractivity contribution in [3.8, 4) is 0 Å². The number of nitrogens with zero attached hydrogens (tertiary/aromatic N) is 3. The van der Waals surface area contributed by atoms with Crippen molar-refractivity contribution in [3.63, 3.8) is 0 Å². The predicted molar refractivity (Wildman–Crippen MR) is 96.2 cm³/mol. The first-order valence-electron chi connectivity index (χ1n) is 9.22. The zero-order valence-electron chi connectivity index (χ0n) is 14.7. The lowest BCUT2D eigenvalue weighted by Gasteiger charge is -2.35. The lowest BCUT2D eigenvalue weighted by atomic mass is 9.96. The third kappa shape index (κ3) is 3.70. The normalized spacial score (nSPS) is 20.5. The summed E-state index contributed by atoms with van der Waals surface area (Å²) in [6, 6.07) is 10.3. The molecule has 1 aliphatic heterocycles. The third-order valence-corrected chi connectivity index (χ3v) is 5.14. The number of piperidine rings is 1. The molecule has 0 bridgehead atoms. The molecule has 0 N–H and O–H groups in total. The van der Waals surface area contributed by atoms with Gasteiger partial charge in [0.2, 0.25) is 5.91 Å². The van der Waals surface area contributed by atoms with Gasteiger partial charge in [-0.25, -0.2) is 4.98 Å². The van der Waals surface area contributed by atoms with Crippen LogP contribution in [0.15, 0.2) is 40.9 Å². The first kappa shape index (κ1) is 16.2. The molecule has 1 amide bonds. The Balaban J connectivity index is 1.46. The number of furan rings is 1. The van der Waals surface area contributed by atoms with Gasteiger partial charge in [0.05, 0.1) is 12.5 Å². The van der Waals surface area contributed by atoms with Crippen LogP contribution in [0.4, 0.5) is 5.82 Å². The van der Waals surface area contributed by atoms with E-state index in [-0.39, 0.29) is 11.8 Å². The van der Waals surface area contributed by atoms with Gasteiger partial charge < -0.3 is 14.2 Å². The SMILES string of the molecule is Cc1ccc(CN(C(=O)[C@H]2CCCN(c3ccccn3)C2)C2CC2)o1. The molecule has 5 nitrogen and oxygen atoms in total. The van der Waals surface area contributed by atoms with Crippen molar-refractivity contribution in [1.82, 2.24) is 9.88 Å². The molecular formula is C20H25N3O2. The second-order valence-electron chi connectivity index (χ2n) is 7.18. The number of rotatable bonds is 5. The summed E-state index contributed by atoms with van der Waals surface area (Å²) in [5.41, 5.74) is 0. The zero-order chi connectivity index (χ0) is 17.2. The highest BCUT2D eigenvalue weighted by molar-refractivity contribution is 5.80. The average molecular weight is 339 g/mol. The summed E-state index contributed by atoms with van der Waals surface area (Å²) < 4.78 is 5.71. The molecule has 1 aliphatic carbocycles. The van der Waals surface area contributed by atoms with Crippen LogP contribution >= 0.6 is 0 Å². The highest BCUT2D eigenvalue weighted by Crippen LogP contribution is 2.32. The second-order valence-corrected chi connectivity index (χ2v) is 7.18. The molecule has 1 saturated carbocycles. The smallest absolute Gasteiger partial charge is 0.228 e. The molecule has 3 heterocycles. The molecule has 5 heteroatoms. The van der Waals surface area contributed by atoms with Crippen LogP contribution in [0, 0.1) is 12.8 Å². The van der Waals surface area contributed by atoms with Crippen LogP contribution in [0.3, 0.4) is 0 Å². The van der Waals surface area contributed by atoms with Gasteiger partial charge in [0, 0.05) is 25.3 Å². The van der Waals surface area contributed by atoms with Crippen molar-refractivity contribution < 1.29 is 9.21 Å². The van der Waals surface area contributed by atoms with E-state index in [1.54, 1.807) is 0 Å². The first-order chi connectivity index (χ1) is 12.2. The van der Waals surface area contributed by atoms with Gasteiger partial charge in [0.25, 0.3) is 0 Å². The highest BCUT2D eigenvalue weighted by atomic mass is 16.3. The van der Waals surface area contributed by atoms with Crippen molar-refractivity contribution in [2.24, 2.45) is 5.92 Å². The van der Waals surface area contributed by atoms with Gasteiger partial charge in [-0.15, -0.1) is 0 Å². The first-order valence-corrected chi connectivity index (χ1v) is 9.22. The lowest BCUT2D eigenvalue weighted by Crippen LogP contribution is -2.45. The Morgan fingerprint density at radius 2 is 2.16 bits per heavy atom. The molecule has 2 fully saturated rings. The number of aromatic nitrogens is 1. The summed E-state index contributed by atoms with van der Waals surface area (Å²) in [6.07, 6.45) is 6.04. The molecule has 132 valence electrons. The predicted octanol–water partition coefficient (Wildman–Crippen LogP) is 3.39. The number of hydrogen-bond donors (Lipinski definition) is 0. The van der Waals surface area contributed by atoms with E-state index in [9.17, 15) is 4.79 Å². The summed E-state index contributed by atoms with van der Waals surface area (Å²) in [6.45, 7) is 4.27. The molecule has 0 spiro atoms. The quantitative estimate of drug-likeness (QED) is 0.838. The van der Waals surface area contributed by atoms with Gasteiger partial charge in [-0.05, 0) is 56.9 Å². The largest absolute Gasteiger partial charge is 0.464 e. The van der Waals surface area contributed by atoms with Gasteiger partial charge in [0.15, 0.2) is 0 Å². The van der Waals surface area contributed by atoms with Crippen molar-refractivity contribution in [2.45, 2.75) is 45.2 Å². The lowest BCUT2D eigenvalue weighted by molar-refractivity contribution is -0.137. The van der Waals surface area contributed by atoms with E-state index in [1.165, 1.54) is 0 Å². The van der Waals surface area contributed by atoms with Crippen LogP contribution in [0.25, 0.3) is 0 Å². The van der Waals surface area contributed by atoms with Crippen LogP contribution in [-0.2, 0) is 11.3 Å². The number of amides is 1. The molecular weight excluding hydrogens is 314 g/mol. The number of carbonyl (C=O) groups excluding carboxylic acids is 1. The molecule has 2 aromatic heterocycles. The van der Waals surface area contributed by atoms with Crippen LogP contribution in [0.1, 0.15) is 37.2 Å². The molecule has 0 aromatic carbocycles. The van der Waals surface area contributed by atoms with E-state index >= 15 is 0 Å². The fraction of sp³-hybridized carbons (Fsp3) is 0.500. The van der Waals surface area contributed by atoms with Crippen LogP contribution < -0.4 is 4.90 Å². The maximum Gasteiger partial charge on any atom is 0.228 e. The minimum atomic E-state index is 0.0485. The Bertz CT molecular complexity index is 724. The molecule has 25 heavy (non-hydrogen) atoms. The van der Waals surface area contributed by atoms with E-state index in [0.717, 1.165) is 56.1 Å². The molecule has 1 atom stereocenters. The monoisotopic (exact) mass is 339 g/mol. The van der Waals surface area contributed by atoms with Gasteiger partial charge in [-0.2, -0.15) is 0 Å². The van der Waals surface area contributed by atoms with Gasteiger partial charge >= 0.3 is 0 Å². The molecule has 1 saturated heterocycles. The molecule has 0 radical (unpaired) electrons. The van der Waals surface area contributed by atoms with Gasteiger partial charge in [-0.1, -0.05) is 6.07 Å². The zero-order valence-corrected chi connectivity index (χ0v) is 14.7. The highest BCUT2D eigenvalue weighted by Gasteiger charge is 2.37. The fourth-order valence-electron chi connectivity index (χ4n) is 3.67. The van der Waals surface area contributed by atoms with E-state index < -0.39 is 0 Å². The summed E-state index contributed by atoms with van der Waals surface area (Å²) in [4.78, 5) is 21.9. The number of pyridine rings is 1. The number of hydrogen-bond acceptors (Lipinski definition) is 4. The van der Waals surface area contributed by atoms with E-state index in [0.29, 0.717) is 12.6 Å². The second kappa shape index (κ2) is 6.90. The third-order valence-electron chi connectivity index (χ3n) is 5.14. The molecule has 2 aromatic rings. The summed E-state index contributed by atoms with van der Waals surface area (Å²) in [7, 11) is 0. The number of carbonyl (C=O) groups is 1. The topological polar surface area (TPSA) is 49.6 Å². The number of aryl methyl sites for hydroxylation is 1. The Morgan fingerprint density at radius 3 is 2.84 bits per heavy atom. The van der Waals surface area contributed by atoms with Crippen LogP contribution in [0.2, 0.25) is 0 Å². The Kier molecular flexibility index (Phi) is 4.47.